The average molecular weight is 309 g/mol. The summed E-state index contributed by atoms with van der Waals surface area (Å²) in [5.41, 5.74) is 6.93. The lowest BCUT2D eigenvalue weighted by atomic mass is 10.1. The van der Waals surface area contributed by atoms with Gasteiger partial charge in [-0.2, -0.15) is 0 Å². The van der Waals surface area contributed by atoms with Gasteiger partial charge in [-0.05, 0) is 42.8 Å². The predicted molar refractivity (Wildman–Crippen MR) is 81.6 cm³/mol. The van der Waals surface area contributed by atoms with Crippen molar-refractivity contribution in [3.63, 3.8) is 0 Å². The number of ether oxygens (including phenoxy) is 1. The van der Waals surface area contributed by atoms with Crippen molar-refractivity contribution in [2.24, 2.45) is 5.73 Å². The molecule has 5 heteroatoms. The van der Waals surface area contributed by atoms with Gasteiger partial charge in [0.15, 0.2) is 0 Å². The highest BCUT2D eigenvalue weighted by molar-refractivity contribution is 7.99. The van der Waals surface area contributed by atoms with Crippen LogP contribution < -0.4 is 10.5 Å². The molecule has 2 aromatic carbocycles. The van der Waals surface area contributed by atoms with Crippen LogP contribution in [-0.4, -0.2) is 13.2 Å². The number of thioether (sulfide) groups is 1. The van der Waals surface area contributed by atoms with E-state index in [2.05, 4.69) is 0 Å². The smallest absolute Gasteiger partial charge is 0.136 e. The summed E-state index contributed by atoms with van der Waals surface area (Å²) in [6, 6.07) is 10.6. The molecule has 0 saturated heterocycles. The van der Waals surface area contributed by atoms with Crippen LogP contribution in [0.15, 0.2) is 47.4 Å². The lowest BCUT2D eigenvalue weighted by Crippen LogP contribution is -2.22. The molecule has 0 heterocycles. The summed E-state index contributed by atoms with van der Waals surface area (Å²) < 4.78 is 32.3. The van der Waals surface area contributed by atoms with Gasteiger partial charge in [0.25, 0.3) is 0 Å². The molecule has 112 valence electrons. The highest BCUT2D eigenvalue weighted by Gasteiger charge is 2.20. The largest absolute Gasteiger partial charge is 0.497 e. The van der Waals surface area contributed by atoms with Crippen LogP contribution in [0.5, 0.6) is 5.75 Å². The van der Waals surface area contributed by atoms with Gasteiger partial charge in [0, 0.05) is 16.2 Å². The standard InChI is InChI=1S/C16H17F2NOS/c1-10(19)16(11-4-3-5-13(8-11)20-2)21-15-9-12(17)6-7-14(15)18/h3-10,16H,19H2,1-2H3. The molecule has 0 bridgehead atoms. The third kappa shape index (κ3) is 3.95. The van der Waals surface area contributed by atoms with Crippen LogP contribution in [0.2, 0.25) is 0 Å². The Hall–Kier alpha value is -1.59. The summed E-state index contributed by atoms with van der Waals surface area (Å²) in [4.78, 5) is 0.250. The zero-order valence-corrected chi connectivity index (χ0v) is 12.7. The van der Waals surface area contributed by atoms with Crippen molar-refractivity contribution in [2.75, 3.05) is 7.11 Å². The molecule has 0 saturated carbocycles. The van der Waals surface area contributed by atoms with Crippen LogP contribution in [0.4, 0.5) is 8.78 Å². The van der Waals surface area contributed by atoms with E-state index in [1.807, 2.05) is 31.2 Å². The van der Waals surface area contributed by atoms with Gasteiger partial charge in [-0.3, -0.25) is 0 Å². The number of benzene rings is 2. The second-order valence-corrected chi connectivity index (χ2v) is 5.93. The lowest BCUT2D eigenvalue weighted by molar-refractivity contribution is 0.414. The molecule has 2 unspecified atom stereocenters. The molecule has 21 heavy (non-hydrogen) atoms. The Balaban J connectivity index is 2.33. The number of hydrogen-bond acceptors (Lipinski definition) is 3. The highest BCUT2D eigenvalue weighted by atomic mass is 32.2. The molecule has 2 rings (SSSR count). The van der Waals surface area contributed by atoms with Crippen molar-refractivity contribution in [3.8, 4) is 5.75 Å². The molecule has 0 amide bonds. The van der Waals surface area contributed by atoms with Gasteiger partial charge in [-0.25, -0.2) is 8.78 Å². The van der Waals surface area contributed by atoms with Gasteiger partial charge in [0.05, 0.1) is 7.11 Å². The molecule has 2 nitrogen and oxygen atoms in total. The predicted octanol–water partition coefficient (Wildman–Crippen LogP) is 4.15. The second kappa shape index (κ2) is 6.91. The monoisotopic (exact) mass is 309 g/mol. The summed E-state index contributed by atoms with van der Waals surface area (Å²) in [5.74, 6) is -0.207. The van der Waals surface area contributed by atoms with Gasteiger partial charge < -0.3 is 10.5 Å². The molecule has 2 N–H and O–H groups in total. The van der Waals surface area contributed by atoms with Crippen LogP contribution in [0, 0.1) is 11.6 Å². The van der Waals surface area contributed by atoms with Crippen LogP contribution in [-0.2, 0) is 0 Å². The molecule has 0 aliphatic rings. The normalized spacial score (nSPS) is 13.8. The first-order valence-corrected chi connectivity index (χ1v) is 7.40. The summed E-state index contributed by atoms with van der Waals surface area (Å²) in [6.45, 7) is 1.84. The van der Waals surface area contributed by atoms with Crippen molar-refractivity contribution in [3.05, 3.63) is 59.7 Å². The fourth-order valence-electron chi connectivity index (χ4n) is 2.00. The second-order valence-electron chi connectivity index (χ2n) is 4.75. The van der Waals surface area contributed by atoms with E-state index < -0.39 is 11.6 Å². The first kappa shape index (κ1) is 15.8. The van der Waals surface area contributed by atoms with E-state index in [0.29, 0.717) is 5.75 Å². The van der Waals surface area contributed by atoms with E-state index in [-0.39, 0.29) is 16.2 Å². The fourth-order valence-corrected chi connectivity index (χ4v) is 3.13. The average Bonchev–Trinajstić information content (AvgIpc) is 2.47. The molecular weight excluding hydrogens is 292 g/mol. The van der Waals surface area contributed by atoms with Gasteiger partial charge in [-0.15, -0.1) is 11.8 Å². The number of rotatable bonds is 5. The van der Waals surface area contributed by atoms with Gasteiger partial charge in [0.1, 0.15) is 17.4 Å². The Bertz CT molecular complexity index is 619. The van der Waals surface area contributed by atoms with Crippen molar-refractivity contribution >= 4 is 11.8 Å². The van der Waals surface area contributed by atoms with Crippen molar-refractivity contribution in [1.29, 1.82) is 0 Å². The zero-order valence-electron chi connectivity index (χ0n) is 11.8. The Kier molecular flexibility index (Phi) is 5.20. The molecule has 0 radical (unpaired) electrons. The topological polar surface area (TPSA) is 35.2 Å². The van der Waals surface area contributed by atoms with Gasteiger partial charge in [-0.1, -0.05) is 12.1 Å². The molecule has 0 aliphatic heterocycles. The molecule has 0 aromatic heterocycles. The molecule has 0 spiro atoms. The third-order valence-corrected chi connectivity index (χ3v) is 4.57. The molecule has 2 aromatic rings. The summed E-state index contributed by atoms with van der Waals surface area (Å²) in [7, 11) is 1.58. The van der Waals surface area contributed by atoms with E-state index in [4.69, 9.17) is 10.5 Å². The maximum Gasteiger partial charge on any atom is 0.136 e. The highest BCUT2D eigenvalue weighted by Crippen LogP contribution is 2.39. The maximum absolute atomic E-state index is 13.8. The number of nitrogens with two attached hydrogens (primary N) is 1. The van der Waals surface area contributed by atoms with E-state index >= 15 is 0 Å². The van der Waals surface area contributed by atoms with Crippen LogP contribution in [0.25, 0.3) is 0 Å². The van der Waals surface area contributed by atoms with Crippen LogP contribution in [0.3, 0.4) is 0 Å². The van der Waals surface area contributed by atoms with Crippen molar-refractivity contribution in [2.45, 2.75) is 23.1 Å². The van der Waals surface area contributed by atoms with Crippen molar-refractivity contribution < 1.29 is 13.5 Å². The fraction of sp³-hybridized carbons (Fsp3) is 0.250. The zero-order chi connectivity index (χ0) is 15.4. The van der Waals surface area contributed by atoms with Crippen LogP contribution in [0.1, 0.15) is 17.7 Å². The Morgan fingerprint density at radius 1 is 1.14 bits per heavy atom. The van der Waals surface area contributed by atoms with Gasteiger partial charge in [0.2, 0.25) is 0 Å². The summed E-state index contributed by atoms with van der Waals surface area (Å²) >= 11 is 1.21. The minimum atomic E-state index is -0.465. The van der Waals surface area contributed by atoms with Crippen molar-refractivity contribution in [1.82, 2.24) is 0 Å². The van der Waals surface area contributed by atoms with E-state index in [0.717, 1.165) is 17.7 Å². The Morgan fingerprint density at radius 2 is 1.90 bits per heavy atom. The minimum absolute atomic E-state index is 0.198. The number of methoxy groups -OCH3 is 1. The number of halogens is 2. The molecular formula is C16H17F2NOS. The van der Waals surface area contributed by atoms with Gasteiger partial charge >= 0.3 is 0 Å². The Labute approximate surface area is 127 Å². The quantitative estimate of drug-likeness (QED) is 0.843. The van der Waals surface area contributed by atoms with Crippen LogP contribution >= 0.6 is 11.8 Å². The SMILES string of the molecule is COc1cccc(C(Sc2cc(F)ccc2F)C(C)N)c1. The van der Waals surface area contributed by atoms with E-state index in [1.165, 1.54) is 17.8 Å². The molecule has 2 atom stereocenters. The van der Waals surface area contributed by atoms with E-state index in [1.54, 1.807) is 7.11 Å². The summed E-state index contributed by atoms with van der Waals surface area (Å²) in [6.07, 6.45) is 0. The van der Waals surface area contributed by atoms with E-state index in [9.17, 15) is 8.78 Å². The molecule has 0 fully saturated rings. The first-order valence-electron chi connectivity index (χ1n) is 6.52. The minimum Gasteiger partial charge on any atom is -0.497 e. The third-order valence-electron chi connectivity index (χ3n) is 3.05. The maximum atomic E-state index is 13.8. The first-order chi connectivity index (χ1) is 10.0. The summed E-state index contributed by atoms with van der Waals surface area (Å²) in [5, 5.41) is -0.198. The molecule has 0 aliphatic carbocycles. The lowest BCUT2D eigenvalue weighted by Gasteiger charge is -2.21. The Morgan fingerprint density at radius 3 is 2.57 bits per heavy atom. The number of hydrogen-bond donors (Lipinski definition) is 1.